The van der Waals surface area contributed by atoms with Crippen molar-refractivity contribution in [2.75, 3.05) is 52.4 Å². The Labute approximate surface area is 216 Å². The minimum atomic E-state index is -0.222. The van der Waals surface area contributed by atoms with Gasteiger partial charge in [0.25, 0.3) is 0 Å². The Bertz CT molecular complexity index is 918. The highest BCUT2D eigenvalue weighted by Gasteiger charge is 2.40. The molecule has 2 aromatic rings. The number of rotatable bonds is 13. The van der Waals surface area contributed by atoms with Crippen LogP contribution in [0.4, 0.5) is 0 Å². The Kier molecular flexibility index (Phi) is 9.56. The molecule has 4 rings (SSSR count). The van der Waals surface area contributed by atoms with Gasteiger partial charge >= 0.3 is 5.97 Å². The maximum absolute atomic E-state index is 12.2. The van der Waals surface area contributed by atoms with Crippen LogP contribution in [0.15, 0.2) is 24.8 Å². The molecule has 9 nitrogen and oxygen atoms in total. The molecule has 4 heterocycles. The molecular weight excluding hydrogens is 454 g/mol. The van der Waals surface area contributed by atoms with Gasteiger partial charge in [0.05, 0.1) is 26.2 Å². The van der Waals surface area contributed by atoms with E-state index in [1.165, 1.54) is 52.0 Å². The van der Waals surface area contributed by atoms with Gasteiger partial charge in [0.2, 0.25) is 0 Å². The van der Waals surface area contributed by atoms with E-state index in [-0.39, 0.29) is 12.5 Å². The number of esters is 1. The smallest absolute Gasteiger partial charge is 0.320 e. The fourth-order valence-corrected chi connectivity index (χ4v) is 5.87. The summed E-state index contributed by atoms with van der Waals surface area (Å²) < 4.78 is 7.42. The number of nitrogens with zero attached hydrogens (tertiary/aromatic N) is 6. The first kappa shape index (κ1) is 26.8. The second-order valence-electron chi connectivity index (χ2n) is 11.1. The molecule has 200 valence electrons. The van der Waals surface area contributed by atoms with Crippen molar-refractivity contribution in [3.05, 3.63) is 36.4 Å². The zero-order valence-corrected chi connectivity index (χ0v) is 22.5. The molecule has 9 heteroatoms. The number of imidazole rings is 2. The van der Waals surface area contributed by atoms with Crippen molar-refractivity contribution in [2.24, 2.45) is 11.3 Å². The van der Waals surface area contributed by atoms with Crippen LogP contribution in [-0.2, 0) is 29.2 Å². The van der Waals surface area contributed by atoms with Gasteiger partial charge in [0, 0.05) is 44.4 Å². The maximum Gasteiger partial charge on any atom is 0.320 e. The number of hydrogen-bond acceptors (Lipinski definition) is 7. The molecule has 0 aliphatic carbocycles. The third kappa shape index (κ3) is 7.63. The largest absolute Gasteiger partial charge is 0.465 e. The van der Waals surface area contributed by atoms with Gasteiger partial charge < -0.3 is 24.1 Å². The normalized spacial score (nSPS) is 18.6. The fraction of sp³-hybridized carbons (Fsp3) is 0.741. The van der Waals surface area contributed by atoms with Crippen molar-refractivity contribution >= 4 is 5.97 Å². The van der Waals surface area contributed by atoms with E-state index in [4.69, 9.17) is 4.74 Å². The van der Waals surface area contributed by atoms with Gasteiger partial charge in [-0.25, -0.2) is 9.97 Å². The van der Waals surface area contributed by atoms with E-state index in [1.54, 1.807) is 12.4 Å². The fourth-order valence-electron chi connectivity index (χ4n) is 5.87. The summed E-state index contributed by atoms with van der Waals surface area (Å²) in [6.45, 7) is 16.5. The minimum Gasteiger partial charge on any atom is -0.465 e. The van der Waals surface area contributed by atoms with Crippen LogP contribution >= 0.6 is 0 Å². The number of nitrogens with one attached hydrogen (secondary N) is 1. The SMILES string of the molecule is CCOC(=O)CN(Cc1ncc[nH]1)Cc1nccn1CCCN1CCC2(CCN(CC(C)C)CC2)C1. The molecule has 1 spiro atoms. The van der Waals surface area contributed by atoms with Crippen LogP contribution in [0.5, 0.6) is 0 Å². The number of piperidine rings is 1. The van der Waals surface area contributed by atoms with Crippen LogP contribution in [0.3, 0.4) is 0 Å². The van der Waals surface area contributed by atoms with Crippen LogP contribution in [0, 0.1) is 11.3 Å². The molecule has 2 fully saturated rings. The number of aromatic nitrogens is 4. The molecule has 2 saturated heterocycles. The zero-order valence-electron chi connectivity index (χ0n) is 22.5. The molecule has 0 saturated carbocycles. The molecule has 0 bridgehead atoms. The summed E-state index contributed by atoms with van der Waals surface area (Å²) in [5, 5.41) is 0. The molecule has 0 aromatic carbocycles. The van der Waals surface area contributed by atoms with Crippen LogP contribution in [-0.4, -0.2) is 92.6 Å². The third-order valence-electron chi connectivity index (χ3n) is 7.68. The highest BCUT2D eigenvalue weighted by Crippen LogP contribution is 2.40. The van der Waals surface area contributed by atoms with Gasteiger partial charge in [0.1, 0.15) is 11.6 Å². The van der Waals surface area contributed by atoms with Crippen LogP contribution in [0.25, 0.3) is 0 Å². The first-order valence-corrected chi connectivity index (χ1v) is 13.8. The second kappa shape index (κ2) is 12.8. The molecule has 0 unspecified atom stereocenters. The Morgan fingerprint density at radius 1 is 1.11 bits per heavy atom. The number of likely N-dealkylation sites (tertiary alicyclic amines) is 2. The monoisotopic (exact) mass is 499 g/mol. The first-order chi connectivity index (χ1) is 17.4. The van der Waals surface area contributed by atoms with Crippen LogP contribution in [0.2, 0.25) is 0 Å². The lowest BCUT2D eigenvalue weighted by Crippen LogP contribution is -2.42. The summed E-state index contributed by atoms with van der Waals surface area (Å²) in [7, 11) is 0. The van der Waals surface area contributed by atoms with Crippen molar-refractivity contribution in [1.82, 2.24) is 34.2 Å². The number of carbonyl (C=O) groups is 1. The predicted octanol–water partition coefficient (Wildman–Crippen LogP) is 3.01. The van der Waals surface area contributed by atoms with Gasteiger partial charge in [-0.1, -0.05) is 13.8 Å². The molecule has 36 heavy (non-hydrogen) atoms. The van der Waals surface area contributed by atoms with Crippen molar-refractivity contribution < 1.29 is 9.53 Å². The number of H-pyrrole nitrogens is 1. The Morgan fingerprint density at radius 3 is 2.58 bits per heavy atom. The Morgan fingerprint density at radius 2 is 1.89 bits per heavy atom. The number of aromatic amines is 1. The standard InChI is InChI=1S/C27H45N7O2/c1-4-36-26(35)21-33(19-24-28-9-10-29-24)20-25-30-11-17-34(25)13-5-12-32-16-8-27(22-32)6-14-31(15-7-27)18-23(2)3/h9-11,17,23H,4-8,12-16,18-22H2,1-3H3,(H,28,29). The number of ether oxygens (including phenoxy) is 1. The Hall–Kier alpha value is -2.23. The molecule has 0 amide bonds. The molecule has 0 radical (unpaired) electrons. The predicted molar refractivity (Wildman–Crippen MR) is 140 cm³/mol. The van der Waals surface area contributed by atoms with Gasteiger partial charge in [-0.2, -0.15) is 0 Å². The van der Waals surface area contributed by atoms with E-state index < -0.39 is 0 Å². The van der Waals surface area contributed by atoms with Crippen molar-refractivity contribution in [3.63, 3.8) is 0 Å². The lowest BCUT2D eigenvalue weighted by atomic mass is 9.77. The van der Waals surface area contributed by atoms with E-state index in [1.807, 2.05) is 18.0 Å². The highest BCUT2D eigenvalue weighted by molar-refractivity contribution is 5.71. The van der Waals surface area contributed by atoms with E-state index >= 15 is 0 Å². The minimum absolute atomic E-state index is 0.214. The molecule has 2 aliphatic rings. The first-order valence-electron chi connectivity index (χ1n) is 13.8. The number of carbonyl (C=O) groups excluding carboxylic acids is 1. The van der Waals surface area contributed by atoms with E-state index in [2.05, 4.69) is 49.4 Å². The van der Waals surface area contributed by atoms with Gasteiger partial charge in [-0.3, -0.25) is 9.69 Å². The topological polar surface area (TPSA) is 82.5 Å². The average molecular weight is 500 g/mol. The summed E-state index contributed by atoms with van der Waals surface area (Å²) >= 11 is 0. The summed E-state index contributed by atoms with van der Waals surface area (Å²) in [4.78, 5) is 31.6. The van der Waals surface area contributed by atoms with Gasteiger partial charge in [-0.15, -0.1) is 0 Å². The van der Waals surface area contributed by atoms with Crippen LogP contribution < -0.4 is 0 Å². The van der Waals surface area contributed by atoms with Gasteiger partial charge in [-0.05, 0) is 70.1 Å². The van der Waals surface area contributed by atoms with Crippen molar-refractivity contribution in [1.29, 1.82) is 0 Å². The summed E-state index contributed by atoms with van der Waals surface area (Å²) in [5.41, 5.74) is 0.549. The number of hydrogen-bond donors (Lipinski definition) is 1. The summed E-state index contributed by atoms with van der Waals surface area (Å²) in [6.07, 6.45) is 12.6. The zero-order chi connectivity index (χ0) is 25.4. The lowest BCUT2D eigenvalue weighted by Gasteiger charge is -2.40. The quantitative estimate of drug-likeness (QED) is 0.424. The van der Waals surface area contributed by atoms with Crippen LogP contribution in [0.1, 0.15) is 58.1 Å². The molecule has 0 atom stereocenters. The van der Waals surface area contributed by atoms with Crippen molar-refractivity contribution in [3.8, 4) is 0 Å². The second-order valence-corrected chi connectivity index (χ2v) is 11.1. The molecule has 2 aliphatic heterocycles. The van der Waals surface area contributed by atoms with Crippen molar-refractivity contribution in [2.45, 2.75) is 66.1 Å². The molecule has 1 N–H and O–H groups in total. The lowest BCUT2D eigenvalue weighted by molar-refractivity contribution is -0.144. The highest BCUT2D eigenvalue weighted by atomic mass is 16.5. The van der Waals surface area contributed by atoms with Gasteiger partial charge in [0.15, 0.2) is 0 Å². The molecular formula is C27H45N7O2. The summed E-state index contributed by atoms with van der Waals surface area (Å²) in [5.74, 6) is 2.34. The van der Waals surface area contributed by atoms with E-state index in [0.29, 0.717) is 25.1 Å². The van der Waals surface area contributed by atoms with E-state index in [0.717, 1.165) is 37.1 Å². The molecule has 2 aromatic heterocycles. The maximum atomic E-state index is 12.2. The third-order valence-corrected chi connectivity index (χ3v) is 7.68. The Balaban J connectivity index is 1.24. The summed E-state index contributed by atoms with van der Waals surface area (Å²) in [6, 6.07) is 0. The van der Waals surface area contributed by atoms with E-state index in [9.17, 15) is 4.79 Å². The average Bonchev–Trinajstić information content (AvgIpc) is 3.59. The number of aryl methyl sites for hydroxylation is 1.